The van der Waals surface area contributed by atoms with E-state index >= 15 is 0 Å². The molecule has 0 saturated carbocycles. The molecule has 1 aromatic heterocycles. The quantitative estimate of drug-likeness (QED) is 0.898. The van der Waals surface area contributed by atoms with Crippen LogP contribution in [0.1, 0.15) is 10.4 Å². The average molecular weight is 347 g/mol. The summed E-state index contributed by atoms with van der Waals surface area (Å²) in [6, 6.07) is 7.76. The summed E-state index contributed by atoms with van der Waals surface area (Å²) in [5.41, 5.74) is 0.527. The largest absolute Gasteiger partial charge is 0.350 e. The maximum atomic E-state index is 14.1. The maximum Gasteiger partial charge on any atom is 0.288 e. The Morgan fingerprint density at radius 1 is 1.25 bits per heavy atom. The molecule has 0 aliphatic carbocycles. The fourth-order valence-corrected chi connectivity index (χ4v) is 3.08. The molecule has 3 rings (SSSR count). The van der Waals surface area contributed by atoms with Gasteiger partial charge in [0.25, 0.3) is 11.1 Å². The normalized spacial score (nSPS) is 14.3. The predicted octanol–water partition coefficient (Wildman–Crippen LogP) is 2.04. The van der Waals surface area contributed by atoms with E-state index in [9.17, 15) is 18.8 Å². The van der Waals surface area contributed by atoms with Crippen molar-refractivity contribution in [3.63, 3.8) is 0 Å². The third-order valence-corrected chi connectivity index (χ3v) is 4.41. The van der Waals surface area contributed by atoms with E-state index in [1.54, 1.807) is 29.1 Å². The van der Waals surface area contributed by atoms with Crippen molar-refractivity contribution in [3.05, 3.63) is 54.1 Å². The van der Waals surface area contributed by atoms with Crippen molar-refractivity contribution in [1.82, 2.24) is 14.8 Å². The van der Waals surface area contributed by atoms with Crippen LogP contribution in [0.4, 0.5) is 9.18 Å². The number of imide groups is 1. The molecule has 0 atom stereocenters. The third-order valence-electron chi connectivity index (χ3n) is 3.55. The minimum Gasteiger partial charge on any atom is -0.350 e. The van der Waals surface area contributed by atoms with Gasteiger partial charge in [-0.15, -0.1) is 0 Å². The zero-order valence-electron chi connectivity index (χ0n) is 12.6. The number of thioether (sulfide) groups is 1. The van der Waals surface area contributed by atoms with Gasteiger partial charge in [0, 0.05) is 31.0 Å². The lowest BCUT2D eigenvalue weighted by molar-refractivity contribution is -0.124. The Labute approximate surface area is 141 Å². The molecule has 1 aromatic carbocycles. The topological polar surface area (TPSA) is 71.4 Å². The van der Waals surface area contributed by atoms with Crippen LogP contribution >= 0.6 is 11.8 Å². The molecule has 1 saturated heterocycles. The van der Waals surface area contributed by atoms with Crippen molar-refractivity contribution >= 4 is 28.8 Å². The number of rotatable bonds is 5. The standard InChI is InChI=1S/C16H14FN3O3S/c17-12-9-11(3-4-13(12)19-6-1-2-7-19)15(22)18-5-8-20-14(21)10-24-16(20)23/h1-4,6-7,9H,5,8,10H2,(H,18,22). The van der Waals surface area contributed by atoms with E-state index in [1.165, 1.54) is 12.1 Å². The lowest BCUT2D eigenvalue weighted by atomic mass is 10.2. The van der Waals surface area contributed by atoms with Crippen molar-refractivity contribution in [3.8, 4) is 5.69 Å². The monoisotopic (exact) mass is 347 g/mol. The highest BCUT2D eigenvalue weighted by molar-refractivity contribution is 8.14. The molecule has 2 aromatic rings. The molecule has 124 valence electrons. The molecule has 0 bridgehead atoms. The van der Waals surface area contributed by atoms with Gasteiger partial charge in [-0.2, -0.15) is 0 Å². The third kappa shape index (κ3) is 3.33. The van der Waals surface area contributed by atoms with Crippen molar-refractivity contribution in [2.75, 3.05) is 18.8 Å². The van der Waals surface area contributed by atoms with E-state index in [1.807, 2.05) is 0 Å². The van der Waals surface area contributed by atoms with Crippen LogP contribution in [0.5, 0.6) is 0 Å². The van der Waals surface area contributed by atoms with E-state index in [2.05, 4.69) is 5.32 Å². The molecule has 6 nitrogen and oxygen atoms in total. The van der Waals surface area contributed by atoms with Gasteiger partial charge in [-0.05, 0) is 30.3 Å². The Morgan fingerprint density at radius 2 is 2.00 bits per heavy atom. The second kappa shape index (κ2) is 6.88. The van der Waals surface area contributed by atoms with Gasteiger partial charge in [-0.3, -0.25) is 19.3 Å². The van der Waals surface area contributed by atoms with E-state index in [0.29, 0.717) is 5.69 Å². The summed E-state index contributed by atoms with van der Waals surface area (Å²) in [4.78, 5) is 36.0. The van der Waals surface area contributed by atoms with Crippen LogP contribution in [0, 0.1) is 5.82 Å². The van der Waals surface area contributed by atoms with Gasteiger partial charge in [0.2, 0.25) is 5.91 Å². The predicted molar refractivity (Wildman–Crippen MR) is 87.6 cm³/mol. The number of nitrogens with one attached hydrogen (secondary N) is 1. The summed E-state index contributed by atoms with van der Waals surface area (Å²) < 4.78 is 15.8. The highest BCUT2D eigenvalue weighted by Gasteiger charge is 2.29. The molecular weight excluding hydrogens is 333 g/mol. The number of carbonyl (C=O) groups excluding carboxylic acids is 3. The van der Waals surface area contributed by atoms with Crippen molar-refractivity contribution < 1.29 is 18.8 Å². The van der Waals surface area contributed by atoms with Crippen LogP contribution in [-0.4, -0.2) is 45.4 Å². The highest BCUT2D eigenvalue weighted by Crippen LogP contribution is 2.18. The first-order valence-corrected chi connectivity index (χ1v) is 8.23. The van der Waals surface area contributed by atoms with E-state index in [0.717, 1.165) is 22.7 Å². The lowest BCUT2D eigenvalue weighted by Gasteiger charge is -2.13. The van der Waals surface area contributed by atoms with Crippen LogP contribution < -0.4 is 5.32 Å². The Hall–Kier alpha value is -2.61. The maximum absolute atomic E-state index is 14.1. The number of aromatic nitrogens is 1. The number of halogens is 1. The number of amides is 3. The van der Waals surface area contributed by atoms with Gasteiger partial charge in [-0.25, -0.2) is 4.39 Å². The van der Waals surface area contributed by atoms with Crippen LogP contribution in [0.3, 0.4) is 0 Å². The van der Waals surface area contributed by atoms with Gasteiger partial charge in [-0.1, -0.05) is 11.8 Å². The number of hydrogen-bond acceptors (Lipinski definition) is 4. The van der Waals surface area contributed by atoms with Crippen molar-refractivity contribution in [2.45, 2.75) is 0 Å². The molecule has 0 radical (unpaired) electrons. The first-order chi connectivity index (χ1) is 11.6. The molecule has 1 aliphatic rings. The van der Waals surface area contributed by atoms with Gasteiger partial charge in [0.1, 0.15) is 5.82 Å². The number of nitrogens with zero attached hydrogens (tertiary/aromatic N) is 2. The molecule has 1 N–H and O–H groups in total. The summed E-state index contributed by atoms with van der Waals surface area (Å²) in [7, 11) is 0. The number of carbonyl (C=O) groups is 3. The van der Waals surface area contributed by atoms with Crippen LogP contribution in [0.15, 0.2) is 42.7 Å². The summed E-state index contributed by atoms with van der Waals surface area (Å²) in [6.07, 6.45) is 3.42. The van der Waals surface area contributed by atoms with Crippen LogP contribution in [0.25, 0.3) is 5.69 Å². The first-order valence-electron chi connectivity index (χ1n) is 7.24. The highest BCUT2D eigenvalue weighted by atomic mass is 32.2. The van der Waals surface area contributed by atoms with E-state index in [4.69, 9.17) is 0 Å². The molecule has 24 heavy (non-hydrogen) atoms. The molecule has 8 heteroatoms. The number of hydrogen-bond donors (Lipinski definition) is 1. The second-order valence-electron chi connectivity index (χ2n) is 5.11. The molecule has 0 unspecified atom stereocenters. The van der Waals surface area contributed by atoms with E-state index < -0.39 is 11.7 Å². The Morgan fingerprint density at radius 3 is 2.62 bits per heavy atom. The minimum absolute atomic E-state index is 0.111. The van der Waals surface area contributed by atoms with Crippen molar-refractivity contribution in [2.24, 2.45) is 0 Å². The molecule has 0 spiro atoms. The fourth-order valence-electron chi connectivity index (χ4n) is 2.33. The summed E-state index contributed by atoms with van der Waals surface area (Å²) >= 11 is 0.944. The molecule has 1 fully saturated rings. The Kier molecular flexibility index (Phi) is 4.66. The minimum atomic E-state index is -0.514. The molecule has 1 aliphatic heterocycles. The smallest absolute Gasteiger partial charge is 0.288 e. The SMILES string of the molecule is O=C(NCCN1C(=O)CSC1=O)c1ccc(-n2cccc2)c(F)c1. The van der Waals surface area contributed by atoms with Gasteiger partial charge >= 0.3 is 0 Å². The Bertz CT molecular complexity index is 776. The average Bonchev–Trinajstić information content (AvgIpc) is 3.19. The van der Waals surface area contributed by atoms with E-state index in [-0.39, 0.29) is 35.6 Å². The zero-order valence-corrected chi connectivity index (χ0v) is 13.4. The Balaban J connectivity index is 1.60. The van der Waals surface area contributed by atoms with Gasteiger partial charge in [0.05, 0.1) is 11.4 Å². The fraction of sp³-hybridized carbons (Fsp3) is 0.188. The lowest BCUT2D eigenvalue weighted by Crippen LogP contribution is -2.37. The van der Waals surface area contributed by atoms with Crippen LogP contribution in [0.2, 0.25) is 0 Å². The zero-order chi connectivity index (χ0) is 17.1. The summed E-state index contributed by atoms with van der Waals surface area (Å²) in [6.45, 7) is 0.234. The van der Waals surface area contributed by atoms with Gasteiger partial charge < -0.3 is 9.88 Å². The summed E-state index contributed by atoms with van der Waals surface area (Å²) in [5, 5.41) is 2.27. The van der Waals surface area contributed by atoms with Crippen LogP contribution in [-0.2, 0) is 4.79 Å². The number of benzene rings is 1. The molecule has 3 amide bonds. The van der Waals surface area contributed by atoms with Gasteiger partial charge in [0.15, 0.2) is 0 Å². The first kappa shape index (κ1) is 16.3. The molecule has 2 heterocycles. The van der Waals surface area contributed by atoms with Crippen molar-refractivity contribution in [1.29, 1.82) is 0 Å². The summed E-state index contributed by atoms with van der Waals surface area (Å²) in [5.74, 6) is -1.10. The second-order valence-corrected chi connectivity index (χ2v) is 6.04. The molecular formula is C16H14FN3O3S.